The number of aromatic amines is 1. The van der Waals surface area contributed by atoms with Crippen LogP contribution in [0.25, 0.3) is 11.2 Å². The molecular weight excluding hydrogens is 451 g/mol. The van der Waals surface area contributed by atoms with Crippen molar-refractivity contribution in [3.63, 3.8) is 0 Å². The Labute approximate surface area is 190 Å². The molecule has 0 saturated heterocycles. The second-order valence-corrected chi connectivity index (χ2v) is 9.26. The van der Waals surface area contributed by atoms with Gasteiger partial charge in [0.1, 0.15) is 12.4 Å². The average Bonchev–Trinajstić information content (AvgIpc) is 3.19. The van der Waals surface area contributed by atoms with Crippen molar-refractivity contribution >= 4 is 30.6 Å². The third-order valence-corrected chi connectivity index (χ3v) is 6.39. The molecule has 0 aliphatic carbocycles. The number of nitrogens with two attached hydrogens (primary N) is 1. The maximum Gasteiger partial charge on any atom is 0.323 e. The van der Waals surface area contributed by atoms with Crippen molar-refractivity contribution in [2.75, 3.05) is 25.3 Å². The van der Waals surface area contributed by atoms with Crippen LogP contribution in [0.1, 0.15) is 19.4 Å². The highest BCUT2D eigenvalue weighted by atomic mass is 31.2. The van der Waals surface area contributed by atoms with Crippen molar-refractivity contribution in [2.24, 2.45) is 0 Å². The number of aromatic nitrogens is 4. The number of nitrogens with zero attached hydrogens (tertiary/aromatic N) is 3. The Morgan fingerprint density at radius 3 is 2.82 bits per heavy atom. The number of imidazole rings is 1. The van der Waals surface area contributed by atoms with Gasteiger partial charge in [-0.2, -0.15) is 4.98 Å². The first-order valence-corrected chi connectivity index (χ1v) is 12.1. The van der Waals surface area contributed by atoms with E-state index >= 15 is 0 Å². The summed E-state index contributed by atoms with van der Waals surface area (Å²) in [6, 6.07) is 8.37. The lowest BCUT2D eigenvalue weighted by Crippen LogP contribution is -2.34. The van der Waals surface area contributed by atoms with Crippen LogP contribution in [-0.2, 0) is 36.5 Å². The van der Waals surface area contributed by atoms with Crippen molar-refractivity contribution in [1.82, 2.24) is 24.6 Å². The molecule has 3 rings (SSSR count). The first kappa shape index (κ1) is 24.6. The van der Waals surface area contributed by atoms with Gasteiger partial charge >= 0.3 is 5.97 Å². The summed E-state index contributed by atoms with van der Waals surface area (Å²) < 4.78 is 31.3. The standard InChI is InChI=1S/C20H27N6O6P/c1-3-31-19(28)14(2)25-33(29,32-11-15-7-5-4-6-8-15)13-30-10-9-26-12-22-16-17(26)23-20(21)24-18(16)27/h4-8,12,14H,3,9-11,13H2,1-2H3,(H,25,29)(H3,21,23,24,27). The number of nitrogens with one attached hydrogen (secondary N) is 2. The fourth-order valence-electron chi connectivity index (χ4n) is 2.96. The molecule has 2 heterocycles. The zero-order valence-corrected chi connectivity index (χ0v) is 19.3. The molecule has 33 heavy (non-hydrogen) atoms. The number of hydrogen-bond donors (Lipinski definition) is 3. The normalized spacial score (nSPS) is 14.1. The van der Waals surface area contributed by atoms with Crippen molar-refractivity contribution in [3.8, 4) is 0 Å². The van der Waals surface area contributed by atoms with E-state index in [0.29, 0.717) is 5.65 Å². The Bertz CT molecular complexity index is 1180. The van der Waals surface area contributed by atoms with Crippen molar-refractivity contribution in [3.05, 3.63) is 52.6 Å². The van der Waals surface area contributed by atoms with Crippen LogP contribution in [0.4, 0.5) is 5.95 Å². The molecule has 2 atom stereocenters. The summed E-state index contributed by atoms with van der Waals surface area (Å²) in [4.78, 5) is 34.4. The van der Waals surface area contributed by atoms with E-state index in [0.717, 1.165) is 5.56 Å². The number of fused-ring (bicyclic) bond motifs is 1. The number of H-pyrrole nitrogens is 1. The Morgan fingerprint density at radius 1 is 1.33 bits per heavy atom. The zero-order chi connectivity index (χ0) is 23.8. The summed E-state index contributed by atoms with van der Waals surface area (Å²) in [7, 11) is -3.58. The molecule has 13 heteroatoms. The minimum absolute atomic E-state index is 0.0221. The molecule has 178 valence electrons. The smallest absolute Gasteiger partial charge is 0.323 e. The van der Waals surface area contributed by atoms with Crippen molar-refractivity contribution in [2.45, 2.75) is 33.0 Å². The van der Waals surface area contributed by atoms with E-state index < -0.39 is 25.1 Å². The van der Waals surface area contributed by atoms with Gasteiger partial charge in [0.15, 0.2) is 11.2 Å². The van der Waals surface area contributed by atoms with Crippen LogP contribution in [0.15, 0.2) is 41.5 Å². The summed E-state index contributed by atoms with van der Waals surface area (Å²) in [6.07, 6.45) is 1.16. The van der Waals surface area contributed by atoms with Crippen LogP contribution in [0.5, 0.6) is 0 Å². The first-order valence-electron chi connectivity index (χ1n) is 10.3. The molecule has 0 bridgehead atoms. The minimum atomic E-state index is -3.58. The molecule has 0 radical (unpaired) electrons. The van der Waals surface area contributed by atoms with Gasteiger partial charge in [0.2, 0.25) is 5.95 Å². The molecule has 12 nitrogen and oxygen atoms in total. The molecule has 0 aliphatic heterocycles. The predicted molar refractivity (Wildman–Crippen MR) is 121 cm³/mol. The third-order valence-electron chi connectivity index (χ3n) is 4.54. The topological polar surface area (TPSA) is 163 Å². The SMILES string of the molecule is CCOC(=O)C(C)NP(=O)(COCCn1cnc2c(=O)[nH]c(N)nc21)OCc1ccccc1. The first-order chi connectivity index (χ1) is 15.8. The summed E-state index contributed by atoms with van der Waals surface area (Å²) >= 11 is 0. The molecule has 0 aliphatic rings. The van der Waals surface area contributed by atoms with Gasteiger partial charge in [-0.15, -0.1) is 0 Å². The Hall–Kier alpha value is -3.05. The van der Waals surface area contributed by atoms with E-state index in [1.54, 1.807) is 18.4 Å². The Morgan fingerprint density at radius 2 is 2.09 bits per heavy atom. The van der Waals surface area contributed by atoms with Gasteiger partial charge in [-0.05, 0) is 19.4 Å². The molecular formula is C20H27N6O6P. The fourth-order valence-corrected chi connectivity index (χ4v) is 4.61. The lowest BCUT2D eigenvalue weighted by molar-refractivity contribution is -0.144. The van der Waals surface area contributed by atoms with Gasteiger partial charge in [0.25, 0.3) is 13.1 Å². The van der Waals surface area contributed by atoms with E-state index in [1.807, 2.05) is 30.3 Å². The largest absolute Gasteiger partial charge is 0.465 e. The van der Waals surface area contributed by atoms with E-state index in [4.69, 9.17) is 19.7 Å². The van der Waals surface area contributed by atoms with Crippen LogP contribution >= 0.6 is 7.52 Å². The quantitative estimate of drug-likeness (QED) is 0.198. The van der Waals surface area contributed by atoms with Crippen LogP contribution in [0, 0.1) is 0 Å². The Balaban J connectivity index is 1.63. The minimum Gasteiger partial charge on any atom is -0.465 e. The number of carbonyl (C=O) groups is 1. The predicted octanol–water partition coefficient (Wildman–Crippen LogP) is 1.63. The van der Waals surface area contributed by atoms with Crippen LogP contribution in [0.3, 0.4) is 0 Å². The van der Waals surface area contributed by atoms with Gasteiger partial charge in [0, 0.05) is 6.54 Å². The summed E-state index contributed by atoms with van der Waals surface area (Å²) in [5, 5.41) is 2.73. The molecule has 0 amide bonds. The average molecular weight is 478 g/mol. The number of carbonyl (C=O) groups excluding carboxylic acids is 1. The summed E-state index contributed by atoms with van der Waals surface area (Å²) in [5.74, 6) is -0.564. The number of benzene rings is 1. The number of rotatable bonds is 12. The maximum atomic E-state index is 13.4. The second kappa shape index (κ2) is 11.2. The molecule has 1 aromatic carbocycles. The highest BCUT2D eigenvalue weighted by molar-refractivity contribution is 7.56. The van der Waals surface area contributed by atoms with Gasteiger partial charge in [-0.1, -0.05) is 30.3 Å². The third kappa shape index (κ3) is 6.72. The van der Waals surface area contributed by atoms with Crippen LogP contribution < -0.4 is 16.4 Å². The fraction of sp³-hybridized carbons (Fsp3) is 0.400. The van der Waals surface area contributed by atoms with Crippen LogP contribution in [-0.4, -0.2) is 51.1 Å². The van der Waals surface area contributed by atoms with E-state index in [9.17, 15) is 14.2 Å². The maximum absolute atomic E-state index is 13.4. The number of nitrogen functional groups attached to an aromatic ring is 1. The number of hydrogen-bond acceptors (Lipinski definition) is 9. The molecule has 0 fully saturated rings. The summed E-state index contributed by atoms with van der Waals surface area (Å²) in [5.41, 5.74) is 6.46. The monoisotopic (exact) mass is 478 g/mol. The molecule has 0 spiro atoms. The van der Waals surface area contributed by atoms with E-state index in [2.05, 4.69) is 20.0 Å². The zero-order valence-electron chi connectivity index (χ0n) is 18.4. The molecule has 0 saturated carbocycles. The number of esters is 1. The van der Waals surface area contributed by atoms with Gasteiger partial charge < -0.3 is 24.3 Å². The van der Waals surface area contributed by atoms with Gasteiger partial charge in [-0.3, -0.25) is 19.1 Å². The number of ether oxygens (including phenoxy) is 2. The molecule has 4 N–H and O–H groups in total. The molecule has 2 aromatic heterocycles. The highest BCUT2D eigenvalue weighted by Gasteiger charge is 2.29. The molecule has 2 unspecified atom stereocenters. The number of anilines is 1. The van der Waals surface area contributed by atoms with E-state index in [-0.39, 0.29) is 44.2 Å². The summed E-state index contributed by atoms with van der Waals surface area (Å²) in [6.45, 7) is 3.91. The Kier molecular flexibility index (Phi) is 8.34. The van der Waals surface area contributed by atoms with E-state index in [1.165, 1.54) is 6.33 Å². The molecule has 3 aromatic rings. The van der Waals surface area contributed by atoms with Crippen LogP contribution in [0.2, 0.25) is 0 Å². The lowest BCUT2D eigenvalue weighted by atomic mass is 10.2. The second-order valence-electron chi connectivity index (χ2n) is 7.13. The van der Waals surface area contributed by atoms with Crippen molar-refractivity contribution < 1.29 is 23.4 Å². The van der Waals surface area contributed by atoms with Crippen molar-refractivity contribution in [1.29, 1.82) is 0 Å². The highest BCUT2D eigenvalue weighted by Crippen LogP contribution is 2.44. The van der Waals surface area contributed by atoms with Gasteiger partial charge in [-0.25, -0.2) is 10.1 Å². The lowest BCUT2D eigenvalue weighted by Gasteiger charge is -2.23. The van der Waals surface area contributed by atoms with Gasteiger partial charge in [0.05, 0.1) is 26.1 Å².